The Labute approximate surface area is 111 Å². The molecule has 0 aliphatic heterocycles. The fraction of sp³-hybridized carbons (Fsp3) is 0.500. The van der Waals surface area contributed by atoms with E-state index in [0.717, 1.165) is 0 Å². The van der Waals surface area contributed by atoms with Crippen LogP contribution in [0.2, 0.25) is 5.02 Å². The van der Waals surface area contributed by atoms with E-state index >= 15 is 0 Å². The highest BCUT2D eigenvalue weighted by Gasteiger charge is 2.18. The fourth-order valence-electron chi connectivity index (χ4n) is 1.64. The largest absolute Gasteiger partial charge is 0.481 e. The maximum atomic E-state index is 11.9. The van der Waals surface area contributed by atoms with Gasteiger partial charge in [-0.2, -0.15) is 0 Å². The summed E-state index contributed by atoms with van der Waals surface area (Å²) in [5.74, 6) is -1.76. The molecule has 1 aromatic heterocycles. The Kier molecular flexibility index (Phi) is 5.22. The Morgan fingerprint density at radius 1 is 1.50 bits per heavy atom. The van der Waals surface area contributed by atoms with Crippen LogP contribution in [0.25, 0.3) is 0 Å². The highest BCUT2D eigenvalue weighted by atomic mass is 35.5. The van der Waals surface area contributed by atoms with Crippen molar-refractivity contribution in [2.75, 3.05) is 6.54 Å². The summed E-state index contributed by atoms with van der Waals surface area (Å²) in [7, 11) is 0. The second-order valence-electron chi connectivity index (χ2n) is 3.98. The molecule has 0 bridgehead atoms. The number of aromatic nitrogens is 1. The van der Waals surface area contributed by atoms with Gasteiger partial charge < -0.3 is 15.0 Å². The molecule has 0 fully saturated rings. The first-order valence-electron chi connectivity index (χ1n) is 5.86. The van der Waals surface area contributed by atoms with Gasteiger partial charge in [-0.1, -0.05) is 18.5 Å². The van der Waals surface area contributed by atoms with Crippen LogP contribution in [-0.2, 0) is 11.3 Å². The number of carbonyl (C=O) groups excluding carboxylic acids is 1. The quantitative estimate of drug-likeness (QED) is 0.832. The minimum absolute atomic E-state index is 0.122. The molecule has 0 aromatic carbocycles. The van der Waals surface area contributed by atoms with E-state index < -0.39 is 11.9 Å². The molecule has 1 rings (SSSR count). The van der Waals surface area contributed by atoms with Gasteiger partial charge in [-0.25, -0.2) is 0 Å². The molecule has 0 aliphatic carbocycles. The lowest BCUT2D eigenvalue weighted by atomic mass is 10.1. The Bertz CT molecular complexity index is 443. The van der Waals surface area contributed by atoms with Crippen molar-refractivity contribution in [1.82, 2.24) is 9.88 Å². The molecular formula is C12H17ClN2O3. The molecule has 0 saturated heterocycles. The molecule has 1 amide bonds. The molecule has 0 radical (unpaired) electrons. The predicted octanol–water partition coefficient (Wildman–Crippen LogP) is 2.00. The third-order valence-electron chi connectivity index (χ3n) is 2.79. The molecular weight excluding hydrogens is 256 g/mol. The van der Waals surface area contributed by atoms with Gasteiger partial charge in [0.1, 0.15) is 5.69 Å². The van der Waals surface area contributed by atoms with E-state index in [9.17, 15) is 9.59 Å². The summed E-state index contributed by atoms with van der Waals surface area (Å²) in [5, 5.41) is 12.0. The Balaban J connectivity index is 2.67. The van der Waals surface area contributed by atoms with Gasteiger partial charge in [0.15, 0.2) is 0 Å². The van der Waals surface area contributed by atoms with Gasteiger partial charge in [0, 0.05) is 19.3 Å². The van der Waals surface area contributed by atoms with Crippen molar-refractivity contribution in [3.8, 4) is 0 Å². The third kappa shape index (κ3) is 3.50. The van der Waals surface area contributed by atoms with Crippen LogP contribution in [0.1, 0.15) is 30.8 Å². The zero-order chi connectivity index (χ0) is 13.7. The van der Waals surface area contributed by atoms with Crippen molar-refractivity contribution in [3.63, 3.8) is 0 Å². The van der Waals surface area contributed by atoms with Crippen molar-refractivity contribution >= 4 is 23.5 Å². The van der Waals surface area contributed by atoms with Gasteiger partial charge in [0.25, 0.3) is 5.91 Å². The van der Waals surface area contributed by atoms with Crippen LogP contribution in [0.4, 0.5) is 0 Å². The van der Waals surface area contributed by atoms with Crippen LogP contribution < -0.4 is 5.32 Å². The molecule has 5 nitrogen and oxygen atoms in total. The Morgan fingerprint density at radius 2 is 2.17 bits per heavy atom. The molecule has 0 saturated carbocycles. The van der Waals surface area contributed by atoms with Crippen LogP contribution >= 0.6 is 11.6 Å². The number of aliphatic carboxylic acids is 1. The SMILES string of the molecule is CCC(CNC(=O)c1cc(Cl)cn1CC)C(=O)O. The van der Waals surface area contributed by atoms with Crippen molar-refractivity contribution in [2.24, 2.45) is 5.92 Å². The minimum atomic E-state index is -0.901. The van der Waals surface area contributed by atoms with Crippen LogP contribution in [0.5, 0.6) is 0 Å². The zero-order valence-electron chi connectivity index (χ0n) is 10.4. The van der Waals surface area contributed by atoms with Gasteiger partial charge in [0.05, 0.1) is 10.9 Å². The number of nitrogens with zero attached hydrogens (tertiary/aromatic N) is 1. The molecule has 6 heteroatoms. The van der Waals surface area contributed by atoms with E-state index in [1.165, 1.54) is 0 Å². The molecule has 1 unspecified atom stereocenters. The highest BCUT2D eigenvalue weighted by molar-refractivity contribution is 6.31. The number of carboxylic acids is 1. The summed E-state index contributed by atoms with van der Waals surface area (Å²) in [5.41, 5.74) is 0.447. The van der Waals surface area contributed by atoms with E-state index in [1.54, 1.807) is 23.8 Å². The lowest BCUT2D eigenvalue weighted by Gasteiger charge is -2.11. The number of carbonyl (C=O) groups is 2. The molecule has 1 aromatic rings. The van der Waals surface area contributed by atoms with Gasteiger partial charge in [-0.05, 0) is 19.4 Å². The van der Waals surface area contributed by atoms with Gasteiger partial charge in [-0.15, -0.1) is 0 Å². The molecule has 18 heavy (non-hydrogen) atoms. The zero-order valence-corrected chi connectivity index (χ0v) is 11.2. The number of nitrogens with one attached hydrogen (secondary N) is 1. The minimum Gasteiger partial charge on any atom is -0.481 e. The standard InChI is InChI=1S/C12H17ClN2O3/c1-3-8(12(17)18)6-14-11(16)10-5-9(13)7-15(10)4-2/h5,7-8H,3-4,6H2,1-2H3,(H,14,16)(H,17,18). The van der Waals surface area contributed by atoms with E-state index in [-0.39, 0.29) is 12.5 Å². The van der Waals surface area contributed by atoms with Crippen molar-refractivity contribution < 1.29 is 14.7 Å². The number of hydrogen-bond acceptors (Lipinski definition) is 2. The van der Waals surface area contributed by atoms with Gasteiger partial charge >= 0.3 is 5.97 Å². The summed E-state index contributed by atoms with van der Waals surface area (Å²) >= 11 is 5.83. The van der Waals surface area contributed by atoms with Crippen molar-refractivity contribution in [2.45, 2.75) is 26.8 Å². The van der Waals surface area contributed by atoms with E-state index in [2.05, 4.69) is 5.32 Å². The van der Waals surface area contributed by atoms with Gasteiger partial charge in [0.2, 0.25) is 0 Å². The second-order valence-corrected chi connectivity index (χ2v) is 4.42. The average molecular weight is 273 g/mol. The Hall–Kier alpha value is -1.49. The molecule has 1 heterocycles. The molecule has 100 valence electrons. The first-order valence-corrected chi connectivity index (χ1v) is 6.24. The lowest BCUT2D eigenvalue weighted by molar-refractivity contribution is -0.141. The monoisotopic (exact) mass is 272 g/mol. The van der Waals surface area contributed by atoms with E-state index in [0.29, 0.717) is 23.7 Å². The highest BCUT2D eigenvalue weighted by Crippen LogP contribution is 2.14. The number of halogens is 1. The normalized spacial score (nSPS) is 12.2. The van der Waals surface area contributed by atoms with Crippen molar-refractivity contribution in [3.05, 3.63) is 23.0 Å². The summed E-state index contributed by atoms with van der Waals surface area (Å²) in [6.07, 6.45) is 2.15. The fourth-order valence-corrected chi connectivity index (χ4v) is 1.86. The lowest BCUT2D eigenvalue weighted by Crippen LogP contribution is -2.33. The number of amides is 1. The maximum absolute atomic E-state index is 11.9. The first kappa shape index (κ1) is 14.6. The predicted molar refractivity (Wildman–Crippen MR) is 68.9 cm³/mol. The smallest absolute Gasteiger partial charge is 0.308 e. The molecule has 2 N–H and O–H groups in total. The first-order chi connectivity index (χ1) is 8.49. The Morgan fingerprint density at radius 3 is 2.67 bits per heavy atom. The summed E-state index contributed by atoms with van der Waals surface area (Å²) < 4.78 is 1.72. The molecule has 0 spiro atoms. The van der Waals surface area contributed by atoms with Crippen LogP contribution in [-0.4, -0.2) is 28.1 Å². The van der Waals surface area contributed by atoms with Crippen LogP contribution in [0, 0.1) is 5.92 Å². The summed E-state index contributed by atoms with van der Waals surface area (Å²) in [6, 6.07) is 1.57. The maximum Gasteiger partial charge on any atom is 0.308 e. The summed E-state index contributed by atoms with van der Waals surface area (Å²) in [4.78, 5) is 22.7. The number of hydrogen-bond donors (Lipinski definition) is 2. The van der Waals surface area contributed by atoms with E-state index in [1.807, 2.05) is 6.92 Å². The average Bonchev–Trinajstić information content (AvgIpc) is 2.70. The number of carboxylic acid groups (broad SMARTS) is 1. The number of aryl methyl sites for hydroxylation is 1. The molecule has 0 aliphatic rings. The third-order valence-corrected chi connectivity index (χ3v) is 2.99. The van der Waals surface area contributed by atoms with Crippen LogP contribution in [0.15, 0.2) is 12.3 Å². The van der Waals surface area contributed by atoms with Gasteiger partial charge in [-0.3, -0.25) is 9.59 Å². The summed E-state index contributed by atoms with van der Waals surface area (Å²) in [6.45, 7) is 4.43. The van der Waals surface area contributed by atoms with Crippen molar-refractivity contribution in [1.29, 1.82) is 0 Å². The second kappa shape index (κ2) is 6.44. The molecule has 1 atom stereocenters. The van der Waals surface area contributed by atoms with Crippen LogP contribution in [0.3, 0.4) is 0 Å². The van der Waals surface area contributed by atoms with E-state index in [4.69, 9.17) is 16.7 Å². The number of rotatable bonds is 6. The topological polar surface area (TPSA) is 71.3 Å².